The molecule has 3 aromatic rings. The van der Waals surface area contributed by atoms with Gasteiger partial charge in [-0.2, -0.15) is 8.78 Å². The average Bonchev–Trinajstić information content (AvgIpc) is 2.67. The molecule has 2 aromatic carbocycles. The van der Waals surface area contributed by atoms with Crippen LogP contribution in [0.4, 0.5) is 23.4 Å². The molecule has 1 aliphatic rings. The maximum atomic E-state index is 13.7. The fourth-order valence-corrected chi connectivity index (χ4v) is 2.91. The van der Waals surface area contributed by atoms with Gasteiger partial charge in [0.25, 0.3) is 5.91 Å². The number of benzene rings is 2. The number of ether oxygens (including phenoxy) is 2. The van der Waals surface area contributed by atoms with Gasteiger partial charge in [0.2, 0.25) is 0 Å². The predicted octanol–water partition coefficient (Wildman–Crippen LogP) is 4.35. The molecule has 2 heterocycles. The first-order valence-corrected chi connectivity index (χ1v) is 8.65. The van der Waals surface area contributed by atoms with E-state index < -0.39 is 35.8 Å². The first kappa shape index (κ1) is 19.6. The molecule has 0 saturated carbocycles. The van der Waals surface area contributed by atoms with Gasteiger partial charge in [0.1, 0.15) is 17.2 Å². The van der Waals surface area contributed by atoms with Crippen molar-refractivity contribution in [1.29, 1.82) is 0 Å². The third kappa shape index (κ3) is 3.76. The van der Waals surface area contributed by atoms with Crippen molar-refractivity contribution >= 4 is 11.7 Å². The molecule has 0 saturated heterocycles. The molecule has 1 N–H and O–H groups in total. The summed E-state index contributed by atoms with van der Waals surface area (Å²) in [6, 6.07) is 5.97. The van der Waals surface area contributed by atoms with Crippen LogP contribution in [-0.4, -0.2) is 28.6 Å². The summed E-state index contributed by atoms with van der Waals surface area (Å²) in [6.45, 7) is 0.760. The molecule has 30 heavy (non-hydrogen) atoms. The molecule has 0 radical (unpaired) electrons. The summed E-state index contributed by atoms with van der Waals surface area (Å²) in [5.41, 5.74) is 0.761. The van der Waals surface area contributed by atoms with Crippen LogP contribution in [0, 0.1) is 18.6 Å². The Kier molecular flexibility index (Phi) is 4.76. The maximum absolute atomic E-state index is 13.7. The summed E-state index contributed by atoms with van der Waals surface area (Å²) >= 11 is 0. The number of rotatable bonds is 3. The third-order valence-corrected chi connectivity index (χ3v) is 4.30. The Morgan fingerprint density at radius 2 is 1.83 bits per heavy atom. The summed E-state index contributed by atoms with van der Waals surface area (Å²) in [5, 5.41) is 2.27. The van der Waals surface area contributed by atoms with E-state index in [1.807, 2.05) is 0 Å². The van der Waals surface area contributed by atoms with Crippen LogP contribution < -0.4 is 14.8 Å². The molecule has 0 fully saturated rings. The van der Waals surface area contributed by atoms with Crippen LogP contribution in [-0.2, 0) is 0 Å². The molecular formula is C20H13F4N3O3. The lowest BCUT2D eigenvalue weighted by Crippen LogP contribution is -2.36. The Morgan fingerprint density at radius 1 is 1.10 bits per heavy atom. The largest absolute Gasteiger partial charge is 0.479 e. The molecule has 1 amide bonds. The SMILES string of the molecule is Cc1cc2c(cc1-c1cnc(NC(=O)c3c(F)cccc3F)cn1)OCC(F)(F)O2. The third-order valence-electron chi connectivity index (χ3n) is 4.30. The van der Waals surface area contributed by atoms with Gasteiger partial charge >= 0.3 is 6.11 Å². The highest BCUT2D eigenvalue weighted by molar-refractivity contribution is 6.04. The number of hydrogen-bond acceptors (Lipinski definition) is 5. The van der Waals surface area contributed by atoms with Gasteiger partial charge in [-0.05, 0) is 36.8 Å². The number of aryl methyl sites for hydroxylation is 1. The zero-order valence-electron chi connectivity index (χ0n) is 15.4. The molecule has 1 aromatic heterocycles. The Bertz CT molecular complexity index is 1120. The van der Waals surface area contributed by atoms with Crippen LogP contribution >= 0.6 is 0 Å². The summed E-state index contributed by atoms with van der Waals surface area (Å²) in [7, 11) is 0. The van der Waals surface area contributed by atoms with Crippen LogP contribution in [0.1, 0.15) is 15.9 Å². The number of aromatic nitrogens is 2. The topological polar surface area (TPSA) is 73.3 Å². The predicted molar refractivity (Wildman–Crippen MR) is 97.6 cm³/mol. The summed E-state index contributed by atoms with van der Waals surface area (Å²) in [5.74, 6) is -3.00. The summed E-state index contributed by atoms with van der Waals surface area (Å²) in [4.78, 5) is 20.3. The van der Waals surface area contributed by atoms with E-state index >= 15 is 0 Å². The fraction of sp³-hybridized carbons (Fsp3) is 0.150. The zero-order chi connectivity index (χ0) is 21.5. The van der Waals surface area contributed by atoms with Crippen LogP contribution in [0.5, 0.6) is 11.5 Å². The van der Waals surface area contributed by atoms with Gasteiger partial charge in [0, 0.05) is 5.56 Å². The molecule has 1 aliphatic heterocycles. The number of carbonyl (C=O) groups excluding carboxylic acids is 1. The maximum Gasteiger partial charge on any atom is 0.433 e. The Balaban J connectivity index is 1.56. The molecule has 4 rings (SSSR count). The highest BCUT2D eigenvalue weighted by Crippen LogP contribution is 2.40. The van der Waals surface area contributed by atoms with E-state index in [-0.39, 0.29) is 17.3 Å². The van der Waals surface area contributed by atoms with E-state index in [1.54, 1.807) is 6.92 Å². The Labute approximate surface area is 167 Å². The quantitative estimate of drug-likeness (QED) is 0.640. The average molecular weight is 419 g/mol. The van der Waals surface area contributed by atoms with Gasteiger partial charge in [-0.15, -0.1) is 0 Å². The van der Waals surface area contributed by atoms with Crippen molar-refractivity contribution in [3.63, 3.8) is 0 Å². The molecule has 10 heteroatoms. The Morgan fingerprint density at radius 3 is 2.50 bits per heavy atom. The van der Waals surface area contributed by atoms with Crippen molar-refractivity contribution in [3.05, 3.63) is 65.5 Å². The zero-order valence-corrected chi connectivity index (χ0v) is 15.4. The van der Waals surface area contributed by atoms with Gasteiger partial charge in [-0.1, -0.05) is 6.07 Å². The van der Waals surface area contributed by atoms with Crippen LogP contribution in [0.25, 0.3) is 11.3 Å². The highest BCUT2D eigenvalue weighted by atomic mass is 19.3. The van der Waals surface area contributed by atoms with Crippen molar-refractivity contribution in [2.24, 2.45) is 0 Å². The van der Waals surface area contributed by atoms with Crippen LogP contribution in [0.3, 0.4) is 0 Å². The van der Waals surface area contributed by atoms with E-state index in [1.165, 1.54) is 24.5 Å². The van der Waals surface area contributed by atoms with Gasteiger partial charge < -0.3 is 14.8 Å². The molecule has 0 atom stereocenters. The minimum absolute atomic E-state index is 0.0266. The van der Waals surface area contributed by atoms with E-state index in [4.69, 9.17) is 4.74 Å². The number of carbonyl (C=O) groups is 1. The van der Waals surface area contributed by atoms with Crippen molar-refractivity contribution in [2.45, 2.75) is 13.0 Å². The number of nitrogens with one attached hydrogen (secondary N) is 1. The van der Waals surface area contributed by atoms with E-state index in [2.05, 4.69) is 20.0 Å². The van der Waals surface area contributed by atoms with Crippen LogP contribution in [0.2, 0.25) is 0 Å². The molecule has 154 valence electrons. The molecule has 6 nitrogen and oxygen atoms in total. The van der Waals surface area contributed by atoms with Crippen molar-refractivity contribution < 1.29 is 31.8 Å². The second-order valence-corrected chi connectivity index (χ2v) is 6.48. The normalized spacial score (nSPS) is 14.3. The number of hydrogen-bond donors (Lipinski definition) is 1. The summed E-state index contributed by atoms with van der Waals surface area (Å²) < 4.78 is 63.7. The second kappa shape index (κ2) is 7.29. The standard InChI is InChI=1S/C20H13F4N3O3/c1-10-5-16-15(29-9-20(23,24)30-16)6-11(10)14-7-26-17(8-25-14)27-19(28)18-12(21)3-2-4-13(18)22/h2-8H,9H2,1H3,(H,26,27,28). The smallest absolute Gasteiger partial charge is 0.433 e. The number of fused-ring (bicyclic) bond motifs is 1. The lowest BCUT2D eigenvalue weighted by molar-refractivity contribution is -0.208. The van der Waals surface area contributed by atoms with E-state index in [9.17, 15) is 22.4 Å². The number of nitrogens with zero attached hydrogens (tertiary/aromatic N) is 2. The van der Waals surface area contributed by atoms with Crippen molar-refractivity contribution in [3.8, 4) is 22.8 Å². The lowest BCUT2D eigenvalue weighted by Gasteiger charge is -2.26. The van der Waals surface area contributed by atoms with Gasteiger partial charge in [-0.25, -0.2) is 13.8 Å². The fourth-order valence-electron chi connectivity index (χ4n) is 2.91. The van der Waals surface area contributed by atoms with Gasteiger partial charge in [0.15, 0.2) is 23.9 Å². The first-order chi connectivity index (χ1) is 14.2. The number of halogens is 4. The molecule has 0 spiro atoms. The van der Waals surface area contributed by atoms with Crippen molar-refractivity contribution in [1.82, 2.24) is 9.97 Å². The van der Waals surface area contributed by atoms with E-state index in [0.29, 0.717) is 16.8 Å². The van der Waals surface area contributed by atoms with Crippen LogP contribution in [0.15, 0.2) is 42.7 Å². The monoisotopic (exact) mass is 419 g/mol. The molecule has 0 aliphatic carbocycles. The lowest BCUT2D eigenvalue weighted by atomic mass is 10.0. The minimum Gasteiger partial charge on any atom is -0.479 e. The summed E-state index contributed by atoms with van der Waals surface area (Å²) in [6.07, 6.45) is -0.880. The highest BCUT2D eigenvalue weighted by Gasteiger charge is 2.38. The molecular weight excluding hydrogens is 406 g/mol. The first-order valence-electron chi connectivity index (χ1n) is 8.65. The number of anilines is 1. The second-order valence-electron chi connectivity index (χ2n) is 6.48. The molecule has 0 unspecified atom stereocenters. The number of amides is 1. The van der Waals surface area contributed by atoms with Gasteiger partial charge in [-0.3, -0.25) is 9.78 Å². The minimum atomic E-state index is -3.40. The Hall–Kier alpha value is -3.69. The number of alkyl halides is 2. The van der Waals surface area contributed by atoms with E-state index in [0.717, 1.165) is 18.2 Å². The van der Waals surface area contributed by atoms with Crippen molar-refractivity contribution in [2.75, 3.05) is 11.9 Å². The molecule has 0 bridgehead atoms. The van der Waals surface area contributed by atoms with Gasteiger partial charge in [0.05, 0.1) is 18.1 Å².